The summed E-state index contributed by atoms with van der Waals surface area (Å²) in [5, 5.41) is 0. The summed E-state index contributed by atoms with van der Waals surface area (Å²) in [6.45, 7) is 11.4. The minimum absolute atomic E-state index is 0.169. The summed E-state index contributed by atoms with van der Waals surface area (Å²) in [5.41, 5.74) is -0.169. The summed E-state index contributed by atoms with van der Waals surface area (Å²) in [7, 11) is 0. The molecule has 0 aliphatic rings. The lowest BCUT2D eigenvalue weighted by Crippen LogP contribution is -2.15. The van der Waals surface area contributed by atoms with Crippen LogP contribution in [-0.2, 0) is 9.53 Å². The minimum Gasteiger partial charge on any atom is -0.379 e. The van der Waals surface area contributed by atoms with Crippen LogP contribution >= 0.6 is 0 Å². The van der Waals surface area contributed by atoms with Crippen LogP contribution in [0.25, 0.3) is 0 Å². The zero-order valence-corrected chi connectivity index (χ0v) is 11.6. The van der Waals surface area contributed by atoms with Crippen molar-refractivity contribution in [2.75, 3.05) is 6.61 Å². The predicted octanol–water partition coefficient (Wildman–Crippen LogP) is 3.83. The highest BCUT2D eigenvalue weighted by molar-refractivity contribution is 5.57. The summed E-state index contributed by atoms with van der Waals surface area (Å²) >= 11 is 0. The van der Waals surface area contributed by atoms with Gasteiger partial charge in [-0.25, -0.2) is 0 Å². The molecule has 0 bridgehead atoms. The summed E-state index contributed by atoms with van der Waals surface area (Å²) in [6.07, 6.45) is 5.57. The largest absolute Gasteiger partial charge is 0.379 e. The van der Waals surface area contributed by atoms with E-state index >= 15 is 0 Å². The molecule has 2 heteroatoms. The Labute approximate surface area is 101 Å². The van der Waals surface area contributed by atoms with E-state index in [4.69, 9.17) is 4.74 Å². The van der Waals surface area contributed by atoms with E-state index < -0.39 is 0 Å². The molecular formula is C14H28O2. The summed E-state index contributed by atoms with van der Waals surface area (Å²) in [5.74, 6) is 0.709. The Morgan fingerprint density at radius 3 is 2.31 bits per heavy atom. The zero-order valence-electron chi connectivity index (χ0n) is 11.6. The third-order valence-corrected chi connectivity index (χ3v) is 2.85. The molecule has 1 unspecified atom stereocenters. The second-order valence-corrected chi connectivity index (χ2v) is 5.86. The molecule has 96 valence electrons. The van der Waals surface area contributed by atoms with Crippen LogP contribution in [0.2, 0.25) is 0 Å². The van der Waals surface area contributed by atoms with Crippen LogP contribution in [0, 0.1) is 11.3 Å². The van der Waals surface area contributed by atoms with Gasteiger partial charge in [-0.1, -0.05) is 27.7 Å². The quantitative estimate of drug-likeness (QED) is 0.561. The molecule has 1 atom stereocenters. The molecule has 0 aromatic carbocycles. The minimum atomic E-state index is -0.169. The molecule has 0 heterocycles. The SMILES string of the molecule is CC(C)CCOC(C)CCCC(C)(C)C=O. The van der Waals surface area contributed by atoms with Crippen molar-refractivity contribution in [2.45, 2.75) is 66.4 Å². The van der Waals surface area contributed by atoms with Gasteiger partial charge in [0.15, 0.2) is 0 Å². The third kappa shape index (κ3) is 8.90. The van der Waals surface area contributed by atoms with E-state index in [1.54, 1.807) is 0 Å². The number of rotatable bonds is 9. The van der Waals surface area contributed by atoms with Crippen LogP contribution in [0.1, 0.15) is 60.3 Å². The fraction of sp³-hybridized carbons (Fsp3) is 0.929. The molecule has 0 aromatic heterocycles. The van der Waals surface area contributed by atoms with Crippen molar-refractivity contribution in [1.82, 2.24) is 0 Å². The first-order valence-corrected chi connectivity index (χ1v) is 6.45. The van der Waals surface area contributed by atoms with Gasteiger partial charge in [-0.05, 0) is 38.5 Å². The van der Waals surface area contributed by atoms with Crippen molar-refractivity contribution in [3.05, 3.63) is 0 Å². The molecule has 0 aliphatic carbocycles. The Morgan fingerprint density at radius 1 is 1.19 bits per heavy atom. The van der Waals surface area contributed by atoms with Crippen LogP contribution in [0.15, 0.2) is 0 Å². The Balaban J connectivity index is 3.50. The first-order valence-electron chi connectivity index (χ1n) is 6.45. The molecule has 0 aromatic rings. The maximum atomic E-state index is 10.7. The number of carbonyl (C=O) groups excluding carboxylic acids is 1. The summed E-state index contributed by atoms with van der Waals surface area (Å²) in [6, 6.07) is 0. The Morgan fingerprint density at radius 2 is 1.81 bits per heavy atom. The lowest BCUT2D eigenvalue weighted by molar-refractivity contribution is -0.115. The number of hydrogen-bond donors (Lipinski definition) is 0. The summed E-state index contributed by atoms with van der Waals surface area (Å²) in [4.78, 5) is 10.7. The molecule has 0 spiro atoms. The standard InChI is InChI=1S/C14H28O2/c1-12(2)8-10-16-13(3)7-6-9-14(4,5)11-15/h11-13H,6-10H2,1-5H3. The Kier molecular flexibility index (Phi) is 7.65. The van der Waals surface area contributed by atoms with Gasteiger partial charge in [0.05, 0.1) is 6.10 Å². The lowest BCUT2D eigenvalue weighted by atomic mass is 9.88. The van der Waals surface area contributed by atoms with E-state index in [1.807, 2.05) is 13.8 Å². The molecule has 0 N–H and O–H groups in total. The van der Waals surface area contributed by atoms with Crippen molar-refractivity contribution in [2.24, 2.45) is 11.3 Å². The van der Waals surface area contributed by atoms with Crippen LogP contribution in [0.3, 0.4) is 0 Å². The number of hydrogen-bond acceptors (Lipinski definition) is 2. The van der Waals surface area contributed by atoms with Crippen molar-refractivity contribution < 1.29 is 9.53 Å². The molecule has 0 rings (SSSR count). The first kappa shape index (κ1) is 15.6. The topological polar surface area (TPSA) is 26.3 Å². The predicted molar refractivity (Wildman–Crippen MR) is 68.6 cm³/mol. The Hall–Kier alpha value is -0.370. The van der Waals surface area contributed by atoms with Gasteiger partial charge in [-0.3, -0.25) is 0 Å². The highest BCUT2D eigenvalue weighted by Crippen LogP contribution is 2.21. The van der Waals surface area contributed by atoms with Gasteiger partial charge in [-0.15, -0.1) is 0 Å². The average Bonchev–Trinajstić information content (AvgIpc) is 2.17. The van der Waals surface area contributed by atoms with Gasteiger partial charge in [-0.2, -0.15) is 0 Å². The van der Waals surface area contributed by atoms with Crippen molar-refractivity contribution in [3.8, 4) is 0 Å². The van der Waals surface area contributed by atoms with Gasteiger partial charge in [0.25, 0.3) is 0 Å². The second-order valence-electron chi connectivity index (χ2n) is 5.86. The van der Waals surface area contributed by atoms with E-state index in [1.165, 1.54) is 0 Å². The smallest absolute Gasteiger partial charge is 0.125 e. The third-order valence-electron chi connectivity index (χ3n) is 2.85. The van der Waals surface area contributed by atoms with Crippen molar-refractivity contribution in [1.29, 1.82) is 0 Å². The van der Waals surface area contributed by atoms with Gasteiger partial charge < -0.3 is 9.53 Å². The molecule has 0 fully saturated rings. The van der Waals surface area contributed by atoms with E-state index in [9.17, 15) is 4.79 Å². The van der Waals surface area contributed by atoms with E-state index in [0.717, 1.165) is 38.6 Å². The first-order chi connectivity index (χ1) is 7.37. The monoisotopic (exact) mass is 228 g/mol. The van der Waals surface area contributed by atoms with E-state index in [-0.39, 0.29) is 5.41 Å². The molecule has 0 aliphatic heterocycles. The zero-order chi connectivity index (χ0) is 12.6. The van der Waals surface area contributed by atoms with Gasteiger partial charge in [0.2, 0.25) is 0 Å². The van der Waals surface area contributed by atoms with E-state index in [2.05, 4.69) is 20.8 Å². The molecule has 2 nitrogen and oxygen atoms in total. The van der Waals surface area contributed by atoms with Crippen LogP contribution in [0.4, 0.5) is 0 Å². The van der Waals surface area contributed by atoms with Gasteiger partial charge in [0, 0.05) is 12.0 Å². The summed E-state index contributed by atoms with van der Waals surface area (Å²) < 4.78 is 5.71. The average molecular weight is 228 g/mol. The number of aldehydes is 1. The maximum absolute atomic E-state index is 10.7. The highest BCUT2D eigenvalue weighted by atomic mass is 16.5. The molecule has 0 radical (unpaired) electrons. The number of carbonyl (C=O) groups is 1. The fourth-order valence-electron chi connectivity index (χ4n) is 1.49. The fourth-order valence-corrected chi connectivity index (χ4v) is 1.49. The molecule has 16 heavy (non-hydrogen) atoms. The second kappa shape index (κ2) is 7.83. The van der Waals surface area contributed by atoms with Crippen molar-refractivity contribution >= 4 is 6.29 Å². The molecule has 0 amide bonds. The normalized spacial score (nSPS) is 14.1. The van der Waals surface area contributed by atoms with Crippen molar-refractivity contribution in [3.63, 3.8) is 0 Å². The van der Waals surface area contributed by atoms with Gasteiger partial charge >= 0.3 is 0 Å². The van der Waals surface area contributed by atoms with Crippen LogP contribution in [-0.4, -0.2) is 19.0 Å². The van der Waals surface area contributed by atoms with Crippen LogP contribution < -0.4 is 0 Å². The highest BCUT2D eigenvalue weighted by Gasteiger charge is 2.16. The van der Waals surface area contributed by atoms with Gasteiger partial charge in [0.1, 0.15) is 6.29 Å². The van der Waals surface area contributed by atoms with E-state index in [0.29, 0.717) is 12.0 Å². The molecule has 0 saturated heterocycles. The molecule has 0 saturated carbocycles. The van der Waals surface area contributed by atoms with Crippen LogP contribution in [0.5, 0.6) is 0 Å². The number of ether oxygens (including phenoxy) is 1. The Bertz CT molecular complexity index is 185. The molecular weight excluding hydrogens is 200 g/mol. The maximum Gasteiger partial charge on any atom is 0.125 e. The lowest BCUT2D eigenvalue weighted by Gasteiger charge is -2.18.